The smallest absolute Gasteiger partial charge is 0.0301 e. The summed E-state index contributed by atoms with van der Waals surface area (Å²) in [7, 11) is 0. The van der Waals surface area contributed by atoms with E-state index in [0.717, 1.165) is 19.0 Å². The molecule has 0 aromatic carbocycles. The summed E-state index contributed by atoms with van der Waals surface area (Å²) in [5.74, 6) is 0.792. The molecule has 42 valence electrons. The number of alkyl halides is 1. The molecule has 1 aliphatic rings. The first kappa shape index (κ1) is 5.39. The largest absolute Gasteiger partial charge is 0.315 e. The Hall–Kier alpha value is 0.250. The van der Waals surface area contributed by atoms with Gasteiger partial charge in [0.1, 0.15) is 0 Å². The lowest BCUT2D eigenvalue weighted by Gasteiger charge is -2.37. The van der Waals surface area contributed by atoms with Gasteiger partial charge in [-0.15, -0.1) is 11.6 Å². The van der Waals surface area contributed by atoms with Crippen LogP contribution in [-0.2, 0) is 0 Å². The SMILES string of the molecule is CC1(CCl)CNC1. The summed E-state index contributed by atoms with van der Waals surface area (Å²) >= 11 is 5.60. The van der Waals surface area contributed by atoms with Crippen molar-refractivity contribution in [1.29, 1.82) is 0 Å². The highest BCUT2D eigenvalue weighted by atomic mass is 35.5. The van der Waals surface area contributed by atoms with Gasteiger partial charge >= 0.3 is 0 Å². The lowest BCUT2D eigenvalue weighted by Crippen LogP contribution is -2.52. The van der Waals surface area contributed by atoms with Gasteiger partial charge < -0.3 is 5.32 Å². The zero-order valence-corrected chi connectivity index (χ0v) is 5.26. The van der Waals surface area contributed by atoms with Crippen LogP contribution in [-0.4, -0.2) is 19.0 Å². The summed E-state index contributed by atoms with van der Waals surface area (Å²) in [5, 5.41) is 3.17. The zero-order valence-electron chi connectivity index (χ0n) is 4.50. The maximum atomic E-state index is 5.60. The molecule has 1 N–H and O–H groups in total. The molecule has 0 unspecified atom stereocenters. The predicted octanol–water partition coefficient (Wildman–Crippen LogP) is 0.835. The molecule has 0 amide bonds. The lowest BCUT2D eigenvalue weighted by molar-refractivity contribution is 0.231. The summed E-state index contributed by atoms with van der Waals surface area (Å²) < 4.78 is 0. The van der Waals surface area contributed by atoms with Crippen LogP contribution in [0.15, 0.2) is 0 Å². The molecule has 1 rings (SSSR count). The Morgan fingerprint density at radius 1 is 1.71 bits per heavy atom. The van der Waals surface area contributed by atoms with Crippen molar-refractivity contribution in [2.75, 3.05) is 19.0 Å². The average molecular weight is 120 g/mol. The van der Waals surface area contributed by atoms with Crippen molar-refractivity contribution in [3.05, 3.63) is 0 Å². The molecule has 0 saturated carbocycles. The minimum absolute atomic E-state index is 0.418. The molecule has 1 aliphatic heterocycles. The highest BCUT2D eigenvalue weighted by molar-refractivity contribution is 6.18. The van der Waals surface area contributed by atoms with E-state index in [4.69, 9.17) is 11.6 Å². The monoisotopic (exact) mass is 119 g/mol. The van der Waals surface area contributed by atoms with Crippen LogP contribution in [0, 0.1) is 5.41 Å². The topological polar surface area (TPSA) is 12.0 Å². The van der Waals surface area contributed by atoms with Gasteiger partial charge in [-0.2, -0.15) is 0 Å². The van der Waals surface area contributed by atoms with Gasteiger partial charge in [-0.3, -0.25) is 0 Å². The van der Waals surface area contributed by atoms with Gasteiger partial charge in [0, 0.05) is 24.4 Å². The van der Waals surface area contributed by atoms with E-state index in [1.54, 1.807) is 0 Å². The van der Waals surface area contributed by atoms with Gasteiger partial charge in [0.25, 0.3) is 0 Å². The zero-order chi connectivity index (χ0) is 5.33. The third-order valence-corrected chi connectivity index (χ3v) is 2.07. The first-order valence-electron chi connectivity index (χ1n) is 2.54. The van der Waals surface area contributed by atoms with E-state index in [1.165, 1.54) is 0 Å². The van der Waals surface area contributed by atoms with Crippen molar-refractivity contribution in [1.82, 2.24) is 5.32 Å². The van der Waals surface area contributed by atoms with E-state index in [9.17, 15) is 0 Å². The molecular weight excluding hydrogens is 110 g/mol. The van der Waals surface area contributed by atoms with Crippen LogP contribution in [0.5, 0.6) is 0 Å². The van der Waals surface area contributed by atoms with E-state index in [0.29, 0.717) is 5.41 Å². The summed E-state index contributed by atoms with van der Waals surface area (Å²) in [5.41, 5.74) is 0.418. The first-order valence-corrected chi connectivity index (χ1v) is 3.07. The molecule has 1 saturated heterocycles. The van der Waals surface area contributed by atoms with E-state index < -0.39 is 0 Å². The Labute approximate surface area is 49.0 Å². The van der Waals surface area contributed by atoms with Crippen LogP contribution < -0.4 is 5.32 Å². The maximum Gasteiger partial charge on any atom is 0.0301 e. The molecule has 0 aromatic heterocycles. The van der Waals surface area contributed by atoms with Crippen molar-refractivity contribution in [3.63, 3.8) is 0 Å². The van der Waals surface area contributed by atoms with Crippen molar-refractivity contribution in [3.8, 4) is 0 Å². The third kappa shape index (κ3) is 0.892. The van der Waals surface area contributed by atoms with Gasteiger partial charge in [0.15, 0.2) is 0 Å². The van der Waals surface area contributed by atoms with Crippen LogP contribution in [0.2, 0.25) is 0 Å². The molecule has 1 heterocycles. The van der Waals surface area contributed by atoms with Crippen LogP contribution >= 0.6 is 11.6 Å². The van der Waals surface area contributed by atoms with Crippen LogP contribution in [0.3, 0.4) is 0 Å². The predicted molar refractivity (Wildman–Crippen MR) is 31.7 cm³/mol. The summed E-state index contributed by atoms with van der Waals surface area (Å²) in [4.78, 5) is 0. The molecule has 0 spiro atoms. The molecule has 7 heavy (non-hydrogen) atoms. The molecule has 1 fully saturated rings. The highest BCUT2D eigenvalue weighted by Gasteiger charge is 2.29. The van der Waals surface area contributed by atoms with E-state index in [1.807, 2.05) is 0 Å². The van der Waals surface area contributed by atoms with Gasteiger partial charge in [-0.25, -0.2) is 0 Å². The Balaban J connectivity index is 2.29. The molecule has 1 nitrogen and oxygen atoms in total. The minimum atomic E-state index is 0.418. The quantitative estimate of drug-likeness (QED) is 0.505. The Morgan fingerprint density at radius 3 is 2.29 bits per heavy atom. The molecule has 0 bridgehead atoms. The third-order valence-electron chi connectivity index (χ3n) is 1.43. The van der Waals surface area contributed by atoms with Gasteiger partial charge in [-0.1, -0.05) is 6.92 Å². The Morgan fingerprint density at radius 2 is 2.29 bits per heavy atom. The van der Waals surface area contributed by atoms with Crippen molar-refractivity contribution in [2.45, 2.75) is 6.92 Å². The van der Waals surface area contributed by atoms with Crippen molar-refractivity contribution in [2.24, 2.45) is 5.41 Å². The van der Waals surface area contributed by atoms with Crippen LogP contribution in [0.4, 0.5) is 0 Å². The Kier molecular flexibility index (Phi) is 1.26. The van der Waals surface area contributed by atoms with E-state index in [2.05, 4.69) is 12.2 Å². The molecule has 0 aromatic rings. The average Bonchev–Trinajstić information content (AvgIpc) is 1.61. The van der Waals surface area contributed by atoms with Gasteiger partial charge in [-0.05, 0) is 0 Å². The number of hydrogen-bond donors (Lipinski definition) is 1. The second-order valence-electron chi connectivity index (χ2n) is 2.55. The number of hydrogen-bond acceptors (Lipinski definition) is 1. The first-order chi connectivity index (χ1) is 3.27. The Bertz CT molecular complexity index is 63.0. The number of halogens is 1. The second kappa shape index (κ2) is 1.64. The highest BCUT2D eigenvalue weighted by Crippen LogP contribution is 2.21. The van der Waals surface area contributed by atoms with Crippen molar-refractivity contribution >= 4 is 11.6 Å². The van der Waals surface area contributed by atoms with Crippen LogP contribution in [0.1, 0.15) is 6.92 Å². The normalized spacial score (nSPS) is 26.6. The minimum Gasteiger partial charge on any atom is -0.315 e. The van der Waals surface area contributed by atoms with Gasteiger partial charge in [0.2, 0.25) is 0 Å². The van der Waals surface area contributed by atoms with Crippen molar-refractivity contribution < 1.29 is 0 Å². The number of rotatable bonds is 1. The fourth-order valence-corrected chi connectivity index (χ4v) is 0.835. The lowest BCUT2D eigenvalue weighted by atomic mass is 9.87. The number of nitrogens with one attached hydrogen (secondary N) is 1. The molecule has 2 heteroatoms. The summed E-state index contributed by atoms with van der Waals surface area (Å²) in [6, 6.07) is 0. The van der Waals surface area contributed by atoms with E-state index in [-0.39, 0.29) is 0 Å². The fraction of sp³-hybridized carbons (Fsp3) is 1.00. The summed E-state index contributed by atoms with van der Waals surface area (Å²) in [6.45, 7) is 4.38. The summed E-state index contributed by atoms with van der Waals surface area (Å²) in [6.07, 6.45) is 0. The fourth-order valence-electron chi connectivity index (χ4n) is 0.646. The molecule has 0 radical (unpaired) electrons. The maximum absolute atomic E-state index is 5.60. The van der Waals surface area contributed by atoms with Gasteiger partial charge in [0.05, 0.1) is 0 Å². The van der Waals surface area contributed by atoms with Crippen LogP contribution in [0.25, 0.3) is 0 Å². The molecular formula is C5H10ClN. The molecule has 0 aliphatic carbocycles. The second-order valence-corrected chi connectivity index (χ2v) is 2.82. The standard InChI is InChI=1S/C5H10ClN/c1-5(2-6)3-7-4-5/h7H,2-4H2,1H3. The molecule has 0 atom stereocenters. The van der Waals surface area contributed by atoms with E-state index >= 15 is 0 Å².